The lowest BCUT2D eigenvalue weighted by Gasteiger charge is -2.35. The second-order valence-corrected chi connectivity index (χ2v) is 6.34. The molecule has 0 saturated carbocycles. The fourth-order valence-electron chi connectivity index (χ4n) is 2.90. The minimum absolute atomic E-state index is 0.0751. The third-order valence-corrected chi connectivity index (χ3v) is 4.45. The predicted octanol–water partition coefficient (Wildman–Crippen LogP) is 2.51. The van der Waals surface area contributed by atoms with Crippen molar-refractivity contribution < 1.29 is 4.79 Å². The van der Waals surface area contributed by atoms with Gasteiger partial charge in [0.05, 0.1) is 0 Å². The summed E-state index contributed by atoms with van der Waals surface area (Å²) in [6, 6.07) is 12.2. The van der Waals surface area contributed by atoms with E-state index in [-0.39, 0.29) is 5.91 Å². The molecule has 1 aromatic heterocycles. The second-order valence-electron chi connectivity index (χ2n) is 6.34. The van der Waals surface area contributed by atoms with Gasteiger partial charge in [0.2, 0.25) is 5.91 Å². The van der Waals surface area contributed by atoms with Crippen molar-refractivity contribution in [1.29, 1.82) is 0 Å². The van der Waals surface area contributed by atoms with Gasteiger partial charge in [-0.3, -0.25) is 9.78 Å². The van der Waals surface area contributed by atoms with Gasteiger partial charge in [-0.25, -0.2) is 0 Å². The van der Waals surface area contributed by atoms with Crippen LogP contribution in [0.15, 0.2) is 54.9 Å². The first-order valence-corrected chi connectivity index (χ1v) is 8.53. The molecule has 2 heterocycles. The summed E-state index contributed by atoms with van der Waals surface area (Å²) in [7, 11) is 4.03. The Morgan fingerprint density at radius 1 is 1.00 bits per heavy atom. The summed E-state index contributed by atoms with van der Waals surface area (Å²) in [5, 5.41) is 0. The number of piperazine rings is 1. The molecule has 0 atom stereocenters. The average Bonchev–Trinajstić information content (AvgIpc) is 2.67. The quantitative estimate of drug-likeness (QED) is 0.805. The molecule has 0 aliphatic carbocycles. The highest BCUT2D eigenvalue weighted by atomic mass is 16.2. The number of carbonyl (C=O) groups excluding carboxylic acids is 1. The zero-order chi connectivity index (χ0) is 17.6. The van der Waals surface area contributed by atoms with Gasteiger partial charge in [0.25, 0.3) is 0 Å². The zero-order valence-electron chi connectivity index (χ0n) is 14.8. The van der Waals surface area contributed by atoms with Crippen LogP contribution in [-0.2, 0) is 4.79 Å². The molecule has 0 bridgehead atoms. The highest BCUT2D eigenvalue weighted by molar-refractivity contribution is 5.92. The van der Waals surface area contributed by atoms with Gasteiger partial charge < -0.3 is 14.7 Å². The van der Waals surface area contributed by atoms with E-state index < -0.39 is 0 Å². The van der Waals surface area contributed by atoms with Crippen LogP contribution in [0.4, 0.5) is 11.4 Å². The molecule has 0 spiro atoms. The molecular formula is C20H24N4O. The van der Waals surface area contributed by atoms with Gasteiger partial charge in [0.1, 0.15) is 0 Å². The van der Waals surface area contributed by atoms with Gasteiger partial charge in [0, 0.05) is 70.1 Å². The smallest absolute Gasteiger partial charge is 0.246 e. The minimum Gasteiger partial charge on any atom is -0.378 e. The van der Waals surface area contributed by atoms with Crippen LogP contribution >= 0.6 is 0 Å². The summed E-state index contributed by atoms with van der Waals surface area (Å²) in [5.74, 6) is 0.0751. The van der Waals surface area contributed by atoms with Crippen LogP contribution in [-0.4, -0.2) is 56.1 Å². The van der Waals surface area contributed by atoms with E-state index in [2.05, 4.69) is 26.9 Å². The lowest BCUT2D eigenvalue weighted by molar-refractivity contribution is -0.126. The number of anilines is 2. The van der Waals surface area contributed by atoms with Crippen LogP contribution in [0, 0.1) is 0 Å². The number of carbonyl (C=O) groups is 1. The lowest BCUT2D eigenvalue weighted by Crippen LogP contribution is -2.48. The SMILES string of the molecule is CN(C)c1ccc(/C=C/C(=O)N2CCN(c3ccncc3)CC2)cc1. The average molecular weight is 336 g/mol. The second kappa shape index (κ2) is 7.83. The Hall–Kier alpha value is -2.82. The summed E-state index contributed by atoms with van der Waals surface area (Å²) < 4.78 is 0. The summed E-state index contributed by atoms with van der Waals surface area (Å²) in [6.07, 6.45) is 7.16. The van der Waals surface area contributed by atoms with E-state index >= 15 is 0 Å². The van der Waals surface area contributed by atoms with Gasteiger partial charge >= 0.3 is 0 Å². The Kier molecular flexibility index (Phi) is 5.33. The molecule has 0 radical (unpaired) electrons. The largest absolute Gasteiger partial charge is 0.378 e. The third-order valence-electron chi connectivity index (χ3n) is 4.45. The van der Waals surface area contributed by atoms with E-state index in [0.717, 1.165) is 37.4 Å². The summed E-state index contributed by atoms with van der Waals surface area (Å²) in [5.41, 5.74) is 3.35. The highest BCUT2D eigenvalue weighted by Gasteiger charge is 2.19. The number of amides is 1. The fourth-order valence-corrected chi connectivity index (χ4v) is 2.90. The van der Waals surface area contributed by atoms with Crippen molar-refractivity contribution in [3.63, 3.8) is 0 Å². The van der Waals surface area contributed by atoms with Gasteiger partial charge in [-0.05, 0) is 35.9 Å². The topological polar surface area (TPSA) is 39.7 Å². The standard InChI is InChI=1S/C20H24N4O/c1-22(2)18-6-3-17(4-7-18)5-8-20(25)24-15-13-23(14-16-24)19-9-11-21-12-10-19/h3-12H,13-16H2,1-2H3/b8-5+. The van der Waals surface area contributed by atoms with Crippen LogP contribution in [0.1, 0.15) is 5.56 Å². The molecule has 0 unspecified atom stereocenters. The first-order valence-electron chi connectivity index (χ1n) is 8.53. The number of rotatable bonds is 4. The van der Waals surface area contributed by atoms with Crippen LogP contribution in [0.25, 0.3) is 6.08 Å². The monoisotopic (exact) mass is 336 g/mol. The van der Waals surface area contributed by atoms with E-state index in [4.69, 9.17) is 0 Å². The molecule has 5 nitrogen and oxygen atoms in total. The first-order chi connectivity index (χ1) is 12.1. The number of hydrogen-bond acceptors (Lipinski definition) is 4. The molecule has 1 fully saturated rings. The Labute approximate surface area is 149 Å². The molecule has 1 aliphatic heterocycles. The van der Waals surface area contributed by atoms with Crippen molar-refractivity contribution in [2.75, 3.05) is 50.1 Å². The predicted molar refractivity (Wildman–Crippen MR) is 103 cm³/mol. The molecule has 25 heavy (non-hydrogen) atoms. The Morgan fingerprint density at radius 3 is 2.24 bits per heavy atom. The highest BCUT2D eigenvalue weighted by Crippen LogP contribution is 2.16. The number of hydrogen-bond donors (Lipinski definition) is 0. The summed E-state index contributed by atoms with van der Waals surface area (Å²) in [4.78, 5) is 22.7. The van der Waals surface area contributed by atoms with Crippen molar-refractivity contribution >= 4 is 23.4 Å². The van der Waals surface area contributed by atoms with Crippen molar-refractivity contribution in [3.8, 4) is 0 Å². The number of nitrogens with zero attached hydrogens (tertiary/aromatic N) is 4. The van der Waals surface area contributed by atoms with E-state index in [0.29, 0.717) is 0 Å². The van der Waals surface area contributed by atoms with Crippen molar-refractivity contribution in [2.24, 2.45) is 0 Å². The maximum atomic E-state index is 12.4. The molecule has 2 aromatic rings. The molecule has 1 amide bonds. The maximum absolute atomic E-state index is 12.4. The molecule has 5 heteroatoms. The van der Waals surface area contributed by atoms with Crippen LogP contribution in [0.5, 0.6) is 0 Å². The van der Waals surface area contributed by atoms with Crippen molar-refractivity contribution in [1.82, 2.24) is 9.88 Å². The molecule has 3 rings (SSSR count). The molecule has 0 N–H and O–H groups in total. The number of aromatic nitrogens is 1. The minimum atomic E-state index is 0.0751. The number of benzene rings is 1. The van der Waals surface area contributed by atoms with E-state index in [1.807, 2.05) is 49.3 Å². The van der Waals surface area contributed by atoms with Gasteiger partial charge in [0.15, 0.2) is 0 Å². The molecular weight excluding hydrogens is 312 g/mol. The van der Waals surface area contributed by atoms with Crippen LogP contribution < -0.4 is 9.80 Å². The van der Waals surface area contributed by atoms with Gasteiger partial charge in [-0.1, -0.05) is 12.1 Å². The molecule has 1 aliphatic rings. The lowest BCUT2D eigenvalue weighted by atomic mass is 10.2. The number of pyridine rings is 1. The van der Waals surface area contributed by atoms with E-state index in [1.165, 1.54) is 5.69 Å². The van der Waals surface area contributed by atoms with Crippen molar-refractivity contribution in [2.45, 2.75) is 0 Å². The molecule has 130 valence electrons. The van der Waals surface area contributed by atoms with Gasteiger partial charge in [-0.2, -0.15) is 0 Å². The van der Waals surface area contributed by atoms with Crippen molar-refractivity contribution in [3.05, 3.63) is 60.4 Å². The van der Waals surface area contributed by atoms with E-state index in [1.54, 1.807) is 18.5 Å². The summed E-state index contributed by atoms with van der Waals surface area (Å²) in [6.45, 7) is 3.18. The van der Waals surface area contributed by atoms with Gasteiger partial charge in [-0.15, -0.1) is 0 Å². The summed E-state index contributed by atoms with van der Waals surface area (Å²) >= 11 is 0. The first kappa shape index (κ1) is 17.0. The maximum Gasteiger partial charge on any atom is 0.246 e. The Morgan fingerprint density at radius 2 is 1.64 bits per heavy atom. The molecule has 1 aromatic carbocycles. The normalized spacial score (nSPS) is 14.8. The Balaban J connectivity index is 1.54. The molecule has 1 saturated heterocycles. The van der Waals surface area contributed by atoms with E-state index in [9.17, 15) is 4.79 Å². The Bertz CT molecular complexity index is 717. The zero-order valence-corrected chi connectivity index (χ0v) is 14.8. The van der Waals surface area contributed by atoms with Crippen LogP contribution in [0.3, 0.4) is 0 Å². The fraction of sp³-hybridized carbons (Fsp3) is 0.300. The van der Waals surface area contributed by atoms with Crippen LogP contribution in [0.2, 0.25) is 0 Å². The third kappa shape index (κ3) is 4.38.